The first kappa shape index (κ1) is 16.1. The lowest BCUT2D eigenvalue weighted by Crippen LogP contribution is -2.32. The van der Waals surface area contributed by atoms with Crippen LogP contribution in [0.15, 0.2) is 18.2 Å². The van der Waals surface area contributed by atoms with E-state index in [4.69, 9.17) is 11.6 Å². The Kier molecular flexibility index (Phi) is 5.94. The molecule has 1 aromatic carbocycles. The van der Waals surface area contributed by atoms with Crippen LogP contribution in [0.2, 0.25) is 5.02 Å². The maximum absolute atomic E-state index is 12.4. The summed E-state index contributed by atoms with van der Waals surface area (Å²) in [4.78, 5) is 1.19. The maximum atomic E-state index is 12.4. The van der Waals surface area contributed by atoms with Crippen LogP contribution in [0.1, 0.15) is 18.9 Å². The van der Waals surface area contributed by atoms with Crippen LogP contribution in [0.3, 0.4) is 0 Å². The maximum Gasteiger partial charge on any atom is 0.405 e. The molecule has 0 aliphatic heterocycles. The Bertz CT molecular complexity index is 407. The van der Waals surface area contributed by atoms with Crippen molar-refractivity contribution in [3.8, 4) is 0 Å². The number of hydrogen-bond donors (Lipinski definition) is 1. The summed E-state index contributed by atoms with van der Waals surface area (Å²) >= 11 is 5.90. The Morgan fingerprint density at radius 1 is 1.32 bits per heavy atom. The van der Waals surface area contributed by atoms with E-state index in [9.17, 15) is 13.2 Å². The number of benzene rings is 1. The van der Waals surface area contributed by atoms with Crippen molar-refractivity contribution >= 4 is 17.3 Å². The van der Waals surface area contributed by atoms with Gasteiger partial charge in [-0.3, -0.25) is 0 Å². The summed E-state index contributed by atoms with van der Waals surface area (Å²) in [5, 5.41) is 3.70. The molecule has 0 aliphatic rings. The van der Waals surface area contributed by atoms with Gasteiger partial charge in [0.25, 0.3) is 0 Å². The summed E-state index contributed by atoms with van der Waals surface area (Å²) in [5.41, 5.74) is 1.32. The van der Waals surface area contributed by atoms with Crippen molar-refractivity contribution in [1.82, 2.24) is 5.32 Å². The molecule has 6 heteroatoms. The van der Waals surface area contributed by atoms with Crippen molar-refractivity contribution in [3.63, 3.8) is 0 Å². The molecule has 108 valence electrons. The minimum atomic E-state index is -4.22. The van der Waals surface area contributed by atoms with Crippen molar-refractivity contribution in [1.29, 1.82) is 0 Å². The lowest BCUT2D eigenvalue weighted by Gasteiger charge is -2.24. The Morgan fingerprint density at radius 3 is 2.58 bits per heavy atom. The first-order valence-corrected chi connectivity index (χ1v) is 6.48. The summed E-state index contributed by atoms with van der Waals surface area (Å²) in [6.07, 6.45) is -3.25. The van der Waals surface area contributed by atoms with Gasteiger partial charge in [-0.05, 0) is 36.7 Å². The zero-order valence-electron chi connectivity index (χ0n) is 11.0. The van der Waals surface area contributed by atoms with Crippen molar-refractivity contribution in [2.24, 2.45) is 0 Å². The largest absolute Gasteiger partial charge is 0.405 e. The molecule has 0 unspecified atom stereocenters. The molecular weight excluding hydrogens is 277 g/mol. The van der Waals surface area contributed by atoms with Gasteiger partial charge in [0, 0.05) is 24.3 Å². The molecule has 0 radical (unpaired) electrons. The fraction of sp³-hybridized carbons (Fsp3) is 0.538. The third-order valence-corrected chi connectivity index (χ3v) is 2.85. The van der Waals surface area contributed by atoms with Crippen molar-refractivity contribution in [2.45, 2.75) is 26.1 Å². The van der Waals surface area contributed by atoms with Gasteiger partial charge in [0.1, 0.15) is 6.54 Å². The fourth-order valence-electron chi connectivity index (χ4n) is 1.82. The van der Waals surface area contributed by atoms with Crippen LogP contribution < -0.4 is 10.2 Å². The van der Waals surface area contributed by atoms with E-state index in [0.29, 0.717) is 17.3 Å². The second kappa shape index (κ2) is 7.01. The van der Waals surface area contributed by atoms with Crippen molar-refractivity contribution in [3.05, 3.63) is 28.8 Å². The molecule has 0 heterocycles. The molecule has 1 aromatic rings. The second-order valence-corrected chi connectivity index (χ2v) is 4.86. The summed E-state index contributed by atoms with van der Waals surface area (Å²) in [6.45, 7) is 2.37. The van der Waals surface area contributed by atoms with Crippen LogP contribution >= 0.6 is 11.6 Å². The SMILES string of the molecule is CCCNCc1cc(Cl)ccc1N(C)CC(F)(F)F. The van der Waals surface area contributed by atoms with Gasteiger partial charge in [-0.1, -0.05) is 18.5 Å². The zero-order valence-corrected chi connectivity index (χ0v) is 11.8. The molecule has 0 spiro atoms. The highest BCUT2D eigenvalue weighted by atomic mass is 35.5. The number of halogens is 4. The van der Waals surface area contributed by atoms with E-state index < -0.39 is 12.7 Å². The smallest absolute Gasteiger partial charge is 0.365 e. The summed E-state index contributed by atoms with van der Waals surface area (Å²) < 4.78 is 37.3. The first-order valence-electron chi connectivity index (χ1n) is 6.10. The molecule has 0 aromatic heterocycles. The number of nitrogens with zero attached hydrogens (tertiary/aromatic N) is 1. The average molecular weight is 295 g/mol. The molecule has 0 atom stereocenters. The van der Waals surface area contributed by atoms with Crippen LogP contribution in [-0.2, 0) is 6.54 Å². The molecular formula is C13H18ClF3N2. The second-order valence-electron chi connectivity index (χ2n) is 4.42. The predicted octanol–water partition coefficient (Wildman–Crippen LogP) is 3.84. The van der Waals surface area contributed by atoms with E-state index in [-0.39, 0.29) is 0 Å². The quantitative estimate of drug-likeness (QED) is 0.802. The minimum Gasteiger partial charge on any atom is -0.365 e. The van der Waals surface area contributed by atoms with Gasteiger partial charge in [0.05, 0.1) is 0 Å². The lowest BCUT2D eigenvalue weighted by molar-refractivity contribution is -0.119. The van der Waals surface area contributed by atoms with E-state index in [1.54, 1.807) is 18.2 Å². The lowest BCUT2D eigenvalue weighted by atomic mass is 10.1. The van der Waals surface area contributed by atoms with E-state index in [0.717, 1.165) is 18.5 Å². The fourth-order valence-corrected chi connectivity index (χ4v) is 2.02. The number of anilines is 1. The van der Waals surface area contributed by atoms with Crippen LogP contribution in [0.4, 0.5) is 18.9 Å². The first-order chi connectivity index (χ1) is 8.83. The van der Waals surface area contributed by atoms with Crippen LogP contribution in [0.25, 0.3) is 0 Å². The Labute approximate surface area is 116 Å². The van der Waals surface area contributed by atoms with Gasteiger partial charge in [-0.15, -0.1) is 0 Å². The predicted molar refractivity (Wildman–Crippen MR) is 72.8 cm³/mol. The molecule has 0 fully saturated rings. The average Bonchev–Trinajstić information content (AvgIpc) is 2.27. The molecule has 0 saturated heterocycles. The normalized spacial score (nSPS) is 11.7. The molecule has 0 bridgehead atoms. The molecule has 1 N–H and O–H groups in total. The highest BCUT2D eigenvalue weighted by Gasteiger charge is 2.30. The van der Waals surface area contributed by atoms with E-state index in [1.165, 1.54) is 11.9 Å². The van der Waals surface area contributed by atoms with Gasteiger partial charge < -0.3 is 10.2 Å². The molecule has 0 saturated carbocycles. The summed E-state index contributed by atoms with van der Waals surface area (Å²) in [7, 11) is 1.43. The van der Waals surface area contributed by atoms with Gasteiger partial charge in [-0.25, -0.2) is 0 Å². The highest BCUT2D eigenvalue weighted by Crippen LogP contribution is 2.26. The van der Waals surface area contributed by atoms with E-state index in [2.05, 4.69) is 5.32 Å². The van der Waals surface area contributed by atoms with Crippen LogP contribution in [0.5, 0.6) is 0 Å². The van der Waals surface area contributed by atoms with Crippen molar-refractivity contribution in [2.75, 3.05) is 25.0 Å². The Balaban J connectivity index is 2.86. The van der Waals surface area contributed by atoms with Gasteiger partial charge in [0.15, 0.2) is 0 Å². The van der Waals surface area contributed by atoms with Gasteiger partial charge in [0.2, 0.25) is 0 Å². The topological polar surface area (TPSA) is 15.3 Å². The molecule has 0 aliphatic carbocycles. The molecule has 19 heavy (non-hydrogen) atoms. The third kappa shape index (κ3) is 5.70. The Morgan fingerprint density at radius 2 is 2.00 bits per heavy atom. The number of nitrogens with one attached hydrogen (secondary N) is 1. The van der Waals surface area contributed by atoms with E-state index in [1.807, 2.05) is 6.92 Å². The highest BCUT2D eigenvalue weighted by molar-refractivity contribution is 6.30. The van der Waals surface area contributed by atoms with E-state index >= 15 is 0 Å². The standard InChI is InChI=1S/C13H18ClF3N2/c1-3-6-18-8-10-7-11(14)4-5-12(10)19(2)9-13(15,16)17/h4-5,7,18H,3,6,8-9H2,1-2H3. The van der Waals surface area contributed by atoms with Gasteiger partial charge >= 0.3 is 6.18 Å². The summed E-state index contributed by atoms with van der Waals surface area (Å²) in [6, 6.07) is 4.93. The number of hydrogen-bond acceptors (Lipinski definition) is 2. The molecule has 2 nitrogen and oxygen atoms in total. The van der Waals surface area contributed by atoms with Crippen molar-refractivity contribution < 1.29 is 13.2 Å². The summed E-state index contributed by atoms with van der Waals surface area (Å²) in [5.74, 6) is 0. The minimum absolute atomic E-state index is 0.506. The molecule has 1 rings (SSSR count). The number of alkyl halides is 3. The van der Waals surface area contributed by atoms with Crippen LogP contribution in [-0.4, -0.2) is 26.3 Å². The van der Waals surface area contributed by atoms with Crippen LogP contribution in [0, 0.1) is 0 Å². The third-order valence-electron chi connectivity index (χ3n) is 2.61. The zero-order chi connectivity index (χ0) is 14.5. The van der Waals surface area contributed by atoms with Gasteiger partial charge in [-0.2, -0.15) is 13.2 Å². The Hall–Kier alpha value is -0.940. The monoisotopic (exact) mass is 294 g/mol. The molecule has 0 amide bonds. The number of rotatable bonds is 6.